The molecule has 158 valence electrons. The number of aliphatic imine (C=N–C) groups is 1. The van der Waals surface area contributed by atoms with Crippen LogP contribution in [0.25, 0.3) is 0 Å². The molecule has 1 aliphatic rings. The first kappa shape index (κ1) is 23.3. The highest BCUT2D eigenvalue weighted by atomic mass is 32.2. The van der Waals surface area contributed by atoms with E-state index in [4.69, 9.17) is 19.5 Å². The molecule has 1 aromatic rings. The fourth-order valence-corrected chi connectivity index (χ4v) is 6.24. The predicted molar refractivity (Wildman–Crippen MR) is 113 cm³/mol. The van der Waals surface area contributed by atoms with E-state index in [1.165, 1.54) is 6.92 Å². The van der Waals surface area contributed by atoms with Crippen LogP contribution in [0.15, 0.2) is 46.3 Å². The first-order valence-electron chi connectivity index (χ1n) is 9.18. The van der Waals surface area contributed by atoms with E-state index >= 15 is 0 Å². The number of benzene rings is 1. The number of hydrogen-bond acceptors (Lipinski definition) is 9. The second kappa shape index (κ2) is 9.71. The zero-order chi connectivity index (χ0) is 21.7. The maximum absolute atomic E-state index is 13.6. The Morgan fingerprint density at radius 3 is 2.17 bits per heavy atom. The van der Waals surface area contributed by atoms with Gasteiger partial charge in [-0.2, -0.15) is 0 Å². The summed E-state index contributed by atoms with van der Waals surface area (Å²) in [4.78, 5) is 29.9. The van der Waals surface area contributed by atoms with E-state index in [1.807, 2.05) is 6.07 Å². The summed E-state index contributed by atoms with van der Waals surface area (Å²) in [6.07, 6.45) is 0. The molecule has 10 heteroatoms. The number of esters is 1. The van der Waals surface area contributed by atoms with Crippen molar-refractivity contribution >= 4 is 41.8 Å². The molecule has 1 atom stereocenters. The van der Waals surface area contributed by atoms with Crippen molar-refractivity contribution in [3.8, 4) is 0 Å². The molecule has 1 heterocycles. The van der Waals surface area contributed by atoms with Crippen LogP contribution in [0.3, 0.4) is 0 Å². The van der Waals surface area contributed by atoms with Gasteiger partial charge in [-0.15, -0.1) is 0 Å². The molecule has 29 heavy (non-hydrogen) atoms. The van der Waals surface area contributed by atoms with Crippen LogP contribution in [0, 0.1) is 0 Å². The SMILES string of the molecule is CCOC(=O)C1(C(C)=O)SC(=Nc2ccccc2)C(P(=O)(OCC)OCC)=C1N. The number of nitrogens with zero attached hydrogens (tertiary/aromatic N) is 1. The predicted octanol–water partition coefficient (Wildman–Crippen LogP) is 3.79. The number of Topliss-reactive ketones (excluding diaryl/α,β-unsaturated/α-hetero) is 1. The second-order valence-corrected chi connectivity index (χ2v) is 9.07. The highest BCUT2D eigenvalue weighted by Crippen LogP contribution is 2.64. The summed E-state index contributed by atoms with van der Waals surface area (Å²) in [5.41, 5.74) is 6.61. The van der Waals surface area contributed by atoms with Crippen molar-refractivity contribution in [3.05, 3.63) is 41.3 Å². The summed E-state index contributed by atoms with van der Waals surface area (Å²) < 4.78 is 27.7. The third-order valence-electron chi connectivity index (χ3n) is 4.00. The minimum absolute atomic E-state index is 0.0524. The van der Waals surface area contributed by atoms with Crippen molar-refractivity contribution in [2.75, 3.05) is 19.8 Å². The molecule has 0 aliphatic carbocycles. The van der Waals surface area contributed by atoms with Crippen molar-refractivity contribution in [1.29, 1.82) is 0 Å². The molecule has 0 spiro atoms. The molecule has 1 aromatic carbocycles. The van der Waals surface area contributed by atoms with Gasteiger partial charge in [-0.1, -0.05) is 30.0 Å². The Labute approximate surface area is 174 Å². The lowest BCUT2D eigenvalue weighted by molar-refractivity contribution is -0.147. The molecule has 2 N–H and O–H groups in total. The van der Waals surface area contributed by atoms with E-state index in [0.717, 1.165) is 11.8 Å². The largest absolute Gasteiger partial charge is 0.464 e. The molecule has 0 bridgehead atoms. The molecule has 0 amide bonds. The number of para-hydroxylation sites is 1. The van der Waals surface area contributed by atoms with Gasteiger partial charge >= 0.3 is 13.6 Å². The topological polar surface area (TPSA) is 117 Å². The van der Waals surface area contributed by atoms with Crippen LogP contribution in [0.4, 0.5) is 5.69 Å². The molecule has 0 saturated carbocycles. The molecule has 1 unspecified atom stereocenters. The minimum atomic E-state index is -3.95. The van der Waals surface area contributed by atoms with Gasteiger partial charge in [-0.25, -0.2) is 9.79 Å². The summed E-state index contributed by atoms with van der Waals surface area (Å²) in [5.74, 6) is -1.40. The Bertz CT molecular complexity index is 876. The van der Waals surface area contributed by atoms with Gasteiger partial charge in [0.25, 0.3) is 0 Å². The van der Waals surface area contributed by atoms with Gasteiger partial charge in [0.15, 0.2) is 5.78 Å². The molecule has 0 radical (unpaired) electrons. The van der Waals surface area contributed by atoms with Gasteiger partial charge in [0.1, 0.15) is 10.4 Å². The lowest BCUT2D eigenvalue weighted by Gasteiger charge is -2.24. The van der Waals surface area contributed by atoms with E-state index in [9.17, 15) is 14.2 Å². The van der Waals surface area contributed by atoms with Crippen LogP contribution >= 0.6 is 19.4 Å². The van der Waals surface area contributed by atoms with Crippen molar-refractivity contribution in [2.24, 2.45) is 10.7 Å². The van der Waals surface area contributed by atoms with Gasteiger partial charge in [-0.3, -0.25) is 9.36 Å². The molecule has 8 nitrogen and oxygen atoms in total. The third-order valence-corrected chi connectivity index (χ3v) is 7.82. The van der Waals surface area contributed by atoms with Crippen molar-refractivity contribution in [1.82, 2.24) is 0 Å². The molecule has 2 rings (SSSR count). The maximum atomic E-state index is 13.6. The van der Waals surface area contributed by atoms with Crippen LogP contribution in [-0.2, 0) is 27.9 Å². The van der Waals surface area contributed by atoms with Crippen molar-refractivity contribution in [3.63, 3.8) is 0 Å². The monoisotopic (exact) mass is 440 g/mol. The van der Waals surface area contributed by atoms with E-state index in [1.54, 1.807) is 45.0 Å². The Balaban J connectivity index is 2.78. The molecule has 0 saturated heterocycles. The van der Waals surface area contributed by atoms with Crippen LogP contribution in [0.2, 0.25) is 0 Å². The number of carbonyl (C=O) groups is 2. The number of thioether (sulfide) groups is 1. The summed E-state index contributed by atoms with van der Waals surface area (Å²) in [7, 11) is -3.95. The van der Waals surface area contributed by atoms with Gasteiger partial charge in [0.05, 0.1) is 31.2 Å². The van der Waals surface area contributed by atoms with Gasteiger partial charge in [-0.05, 0) is 39.8 Å². The third kappa shape index (κ3) is 4.48. The Morgan fingerprint density at radius 2 is 1.69 bits per heavy atom. The quantitative estimate of drug-likeness (QED) is 0.350. The number of ether oxygens (including phenoxy) is 1. The zero-order valence-electron chi connectivity index (χ0n) is 16.8. The second-order valence-electron chi connectivity index (χ2n) is 5.91. The fraction of sp³-hybridized carbons (Fsp3) is 0.421. The molecular weight excluding hydrogens is 415 g/mol. The smallest absolute Gasteiger partial charge is 0.365 e. The average Bonchev–Trinajstić information content (AvgIpc) is 2.97. The van der Waals surface area contributed by atoms with Crippen LogP contribution in [0.1, 0.15) is 27.7 Å². The summed E-state index contributed by atoms with van der Waals surface area (Å²) in [6, 6.07) is 8.83. The maximum Gasteiger partial charge on any atom is 0.365 e. The molecular formula is C19H25N2O6PS. The van der Waals surface area contributed by atoms with Gasteiger partial charge in [0.2, 0.25) is 4.75 Å². The van der Waals surface area contributed by atoms with Gasteiger partial charge in [0, 0.05) is 0 Å². The fourth-order valence-electron chi connectivity index (χ4n) is 2.79. The minimum Gasteiger partial charge on any atom is -0.464 e. The van der Waals surface area contributed by atoms with Crippen LogP contribution in [0.5, 0.6) is 0 Å². The Hall–Kier alpha value is -1.93. The number of rotatable bonds is 9. The zero-order valence-corrected chi connectivity index (χ0v) is 18.5. The molecule has 0 fully saturated rings. The first-order chi connectivity index (χ1) is 13.8. The van der Waals surface area contributed by atoms with Gasteiger partial charge < -0.3 is 19.5 Å². The average molecular weight is 440 g/mol. The van der Waals surface area contributed by atoms with E-state index in [2.05, 4.69) is 4.99 Å². The number of ketones is 1. The first-order valence-corrected chi connectivity index (χ1v) is 11.5. The Kier molecular flexibility index (Phi) is 7.82. The van der Waals surface area contributed by atoms with E-state index in [-0.39, 0.29) is 35.9 Å². The molecule has 0 aromatic heterocycles. The van der Waals surface area contributed by atoms with Crippen LogP contribution in [-0.4, -0.2) is 41.4 Å². The Morgan fingerprint density at radius 1 is 1.10 bits per heavy atom. The normalized spacial score (nSPS) is 20.9. The van der Waals surface area contributed by atoms with E-state index < -0.39 is 24.1 Å². The van der Waals surface area contributed by atoms with Crippen LogP contribution < -0.4 is 5.73 Å². The highest BCUT2D eigenvalue weighted by molar-refractivity contribution is 8.18. The lowest BCUT2D eigenvalue weighted by Crippen LogP contribution is -2.46. The number of hydrogen-bond donors (Lipinski definition) is 1. The highest BCUT2D eigenvalue weighted by Gasteiger charge is 2.59. The lowest BCUT2D eigenvalue weighted by atomic mass is 10.0. The molecule has 1 aliphatic heterocycles. The number of nitrogens with two attached hydrogens (primary N) is 1. The van der Waals surface area contributed by atoms with Crippen molar-refractivity contribution < 1.29 is 27.9 Å². The standard InChI is InChI=1S/C19H25N2O6PS/c1-5-25-18(23)19(13(4)22)16(20)15(28(24,26-6-2)27-7-3)17(29-19)21-14-11-9-8-10-12-14/h8-12H,5-7,20H2,1-4H3. The summed E-state index contributed by atoms with van der Waals surface area (Å²) >= 11 is 0.799. The van der Waals surface area contributed by atoms with E-state index in [0.29, 0.717) is 5.69 Å². The van der Waals surface area contributed by atoms with Crippen molar-refractivity contribution in [2.45, 2.75) is 32.4 Å². The summed E-state index contributed by atoms with van der Waals surface area (Å²) in [5, 5.41) is 0.0560. The summed E-state index contributed by atoms with van der Waals surface area (Å²) in [6.45, 7) is 6.36. The number of carbonyl (C=O) groups excluding carboxylic acids is 2.